The van der Waals surface area contributed by atoms with Crippen molar-refractivity contribution in [1.82, 2.24) is 14.6 Å². The number of hydrogen-bond donors (Lipinski definition) is 1. The molecule has 2 aromatic heterocycles. The molecule has 0 fully saturated rings. The summed E-state index contributed by atoms with van der Waals surface area (Å²) in [6.07, 6.45) is 1.99. The van der Waals surface area contributed by atoms with Crippen LogP contribution in [0.1, 0.15) is 16.8 Å². The van der Waals surface area contributed by atoms with Gasteiger partial charge in [-0.3, -0.25) is 9.89 Å². The minimum absolute atomic E-state index is 0.175. The summed E-state index contributed by atoms with van der Waals surface area (Å²) < 4.78 is 6.24. The maximum absolute atomic E-state index is 12.1. The molecule has 0 aromatic carbocycles. The first-order valence-corrected chi connectivity index (χ1v) is 5.17. The molecule has 2 heterocycles. The standard InChI is InChI=1S/C11H12N4O2/c1-7-9(3-4-17-2)11(16)15-10(14-7)8(5-12)6-13-15/h6,13H,3-4H2,1-2H3. The van der Waals surface area contributed by atoms with Crippen molar-refractivity contribution >= 4 is 5.65 Å². The zero-order chi connectivity index (χ0) is 12.4. The van der Waals surface area contributed by atoms with Crippen LogP contribution in [0.15, 0.2) is 11.0 Å². The number of ether oxygens (including phenoxy) is 1. The van der Waals surface area contributed by atoms with Crippen LogP contribution in [-0.2, 0) is 11.2 Å². The number of aromatic amines is 1. The summed E-state index contributed by atoms with van der Waals surface area (Å²) in [7, 11) is 1.58. The van der Waals surface area contributed by atoms with Gasteiger partial charge in [0.2, 0.25) is 0 Å². The van der Waals surface area contributed by atoms with Crippen LogP contribution in [0.4, 0.5) is 0 Å². The Morgan fingerprint density at radius 2 is 2.41 bits per heavy atom. The number of nitrogens with zero attached hydrogens (tertiary/aromatic N) is 3. The van der Waals surface area contributed by atoms with Gasteiger partial charge in [-0.25, -0.2) is 9.50 Å². The Morgan fingerprint density at radius 3 is 3.06 bits per heavy atom. The maximum atomic E-state index is 12.1. The van der Waals surface area contributed by atoms with Gasteiger partial charge in [-0.2, -0.15) is 5.26 Å². The van der Waals surface area contributed by atoms with Crippen LogP contribution in [0.25, 0.3) is 5.65 Å². The zero-order valence-electron chi connectivity index (χ0n) is 9.65. The molecule has 0 saturated carbocycles. The van der Waals surface area contributed by atoms with E-state index in [2.05, 4.69) is 10.1 Å². The van der Waals surface area contributed by atoms with Crippen LogP contribution in [0.2, 0.25) is 0 Å². The molecular weight excluding hydrogens is 220 g/mol. The van der Waals surface area contributed by atoms with Gasteiger partial charge in [0, 0.05) is 31.0 Å². The third-order valence-corrected chi connectivity index (χ3v) is 2.64. The van der Waals surface area contributed by atoms with E-state index in [0.717, 1.165) is 0 Å². The first-order valence-electron chi connectivity index (χ1n) is 5.17. The summed E-state index contributed by atoms with van der Waals surface area (Å²) in [6.45, 7) is 2.23. The summed E-state index contributed by atoms with van der Waals surface area (Å²) in [5, 5.41) is 11.6. The Hall–Kier alpha value is -2.13. The Labute approximate surface area is 97.4 Å². The van der Waals surface area contributed by atoms with Crippen LogP contribution in [0.5, 0.6) is 0 Å². The van der Waals surface area contributed by atoms with E-state index in [1.54, 1.807) is 14.0 Å². The van der Waals surface area contributed by atoms with Gasteiger partial charge in [0.05, 0.1) is 6.61 Å². The molecule has 6 nitrogen and oxygen atoms in total. The number of methoxy groups -OCH3 is 1. The van der Waals surface area contributed by atoms with Crippen LogP contribution in [-0.4, -0.2) is 28.3 Å². The number of rotatable bonds is 3. The average molecular weight is 232 g/mol. The first kappa shape index (κ1) is 11.4. The number of hydrogen-bond acceptors (Lipinski definition) is 4. The van der Waals surface area contributed by atoms with Gasteiger partial charge in [-0.1, -0.05) is 0 Å². The maximum Gasteiger partial charge on any atom is 0.276 e. The number of aromatic nitrogens is 3. The van der Waals surface area contributed by atoms with Gasteiger partial charge in [0.1, 0.15) is 11.6 Å². The predicted molar refractivity (Wildman–Crippen MR) is 60.8 cm³/mol. The van der Waals surface area contributed by atoms with Crippen molar-refractivity contribution in [2.75, 3.05) is 13.7 Å². The molecular formula is C11H12N4O2. The van der Waals surface area contributed by atoms with Gasteiger partial charge in [0.25, 0.3) is 5.56 Å². The number of aryl methyl sites for hydroxylation is 1. The van der Waals surface area contributed by atoms with Gasteiger partial charge in [-0.15, -0.1) is 0 Å². The van der Waals surface area contributed by atoms with Gasteiger partial charge >= 0.3 is 0 Å². The first-order chi connectivity index (χ1) is 8.19. The second kappa shape index (κ2) is 4.39. The minimum Gasteiger partial charge on any atom is -0.384 e. The summed E-state index contributed by atoms with van der Waals surface area (Å²) in [4.78, 5) is 16.4. The van der Waals surface area contributed by atoms with Crippen LogP contribution >= 0.6 is 0 Å². The Balaban J connectivity index is 2.66. The van der Waals surface area contributed by atoms with Gasteiger partial charge < -0.3 is 4.74 Å². The highest BCUT2D eigenvalue weighted by molar-refractivity contribution is 5.54. The van der Waals surface area contributed by atoms with Gasteiger partial charge in [-0.05, 0) is 6.92 Å². The Bertz CT molecular complexity index is 648. The van der Waals surface area contributed by atoms with Crippen molar-refractivity contribution < 1.29 is 4.74 Å². The van der Waals surface area contributed by atoms with E-state index in [9.17, 15) is 4.79 Å². The van der Waals surface area contributed by atoms with E-state index in [1.165, 1.54) is 10.7 Å². The molecule has 0 amide bonds. The molecule has 0 spiro atoms. The van der Waals surface area contributed by atoms with E-state index in [-0.39, 0.29) is 5.56 Å². The van der Waals surface area contributed by atoms with Crippen LogP contribution in [0.3, 0.4) is 0 Å². The molecule has 0 radical (unpaired) electrons. The van der Waals surface area contributed by atoms with E-state index in [4.69, 9.17) is 10.00 Å². The molecule has 0 atom stereocenters. The monoisotopic (exact) mass is 232 g/mol. The van der Waals surface area contributed by atoms with Crippen LogP contribution < -0.4 is 5.56 Å². The molecule has 17 heavy (non-hydrogen) atoms. The average Bonchev–Trinajstić information content (AvgIpc) is 2.72. The molecule has 0 aliphatic carbocycles. The summed E-state index contributed by atoms with van der Waals surface area (Å²) in [5.74, 6) is 0. The summed E-state index contributed by atoms with van der Waals surface area (Å²) in [6, 6.07) is 1.99. The second-order valence-corrected chi connectivity index (χ2v) is 3.68. The number of nitrogens with one attached hydrogen (secondary N) is 1. The molecule has 0 bridgehead atoms. The van der Waals surface area contributed by atoms with Crippen molar-refractivity contribution in [2.24, 2.45) is 0 Å². The molecule has 0 aliphatic rings. The van der Waals surface area contributed by atoms with Crippen molar-refractivity contribution in [3.63, 3.8) is 0 Å². The highest BCUT2D eigenvalue weighted by Gasteiger charge is 2.13. The van der Waals surface area contributed by atoms with Crippen LogP contribution in [0, 0.1) is 18.3 Å². The Morgan fingerprint density at radius 1 is 1.65 bits per heavy atom. The Kier molecular flexibility index (Phi) is 2.93. The van der Waals surface area contributed by atoms with E-state index in [0.29, 0.717) is 35.5 Å². The molecule has 0 unspecified atom stereocenters. The van der Waals surface area contributed by atoms with Crippen molar-refractivity contribution in [3.8, 4) is 6.07 Å². The SMILES string of the molecule is COCCc1c(C)nc2c(C#N)c[nH]n2c1=O. The summed E-state index contributed by atoms with van der Waals surface area (Å²) >= 11 is 0. The molecule has 0 aliphatic heterocycles. The second-order valence-electron chi connectivity index (χ2n) is 3.68. The predicted octanol–water partition coefficient (Wildman–Crippen LogP) is 0.392. The number of nitriles is 1. The van der Waals surface area contributed by atoms with Crippen molar-refractivity contribution in [3.05, 3.63) is 33.4 Å². The quantitative estimate of drug-likeness (QED) is 0.829. The van der Waals surface area contributed by atoms with Crippen molar-refractivity contribution in [2.45, 2.75) is 13.3 Å². The lowest BCUT2D eigenvalue weighted by molar-refractivity contribution is 0.201. The molecule has 88 valence electrons. The topological polar surface area (TPSA) is 83.2 Å². The molecule has 1 N–H and O–H groups in total. The third kappa shape index (κ3) is 1.81. The fourth-order valence-corrected chi connectivity index (χ4v) is 1.73. The lowest BCUT2D eigenvalue weighted by atomic mass is 10.2. The lowest BCUT2D eigenvalue weighted by Crippen LogP contribution is -2.22. The molecule has 0 saturated heterocycles. The van der Waals surface area contributed by atoms with Gasteiger partial charge in [0.15, 0.2) is 5.65 Å². The largest absolute Gasteiger partial charge is 0.384 e. The smallest absolute Gasteiger partial charge is 0.276 e. The number of fused-ring (bicyclic) bond motifs is 1. The molecule has 6 heteroatoms. The fourth-order valence-electron chi connectivity index (χ4n) is 1.73. The number of H-pyrrole nitrogens is 1. The van der Waals surface area contributed by atoms with E-state index >= 15 is 0 Å². The highest BCUT2D eigenvalue weighted by Crippen LogP contribution is 2.08. The third-order valence-electron chi connectivity index (χ3n) is 2.64. The van der Waals surface area contributed by atoms with E-state index < -0.39 is 0 Å². The fraction of sp³-hybridized carbons (Fsp3) is 0.364. The molecule has 2 rings (SSSR count). The lowest BCUT2D eigenvalue weighted by Gasteiger charge is -2.04. The highest BCUT2D eigenvalue weighted by atomic mass is 16.5. The van der Waals surface area contributed by atoms with E-state index in [1.807, 2.05) is 6.07 Å². The minimum atomic E-state index is -0.175. The van der Waals surface area contributed by atoms with Crippen molar-refractivity contribution in [1.29, 1.82) is 5.26 Å². The summed E-state index contributed by atoms with van der Waals surface area (Å²) in [5.41, 5.74) is 1.81. The molecule has 2 aromatic rings. The normalized spacial score (nSPS) is 10.6. The zero-order valence-corrected chi connectivity index (χ0v) is 9.65.